The fourth-order valence-electron chi connectivity index (χ4n) is 5.52. The summed E-state index contributed by atoms with van der Waals surface area (Å²) in [5.41, 5.74) is 2.70. The van der Waals surface area contributed by atoms with Crippen molar-refractivity contribution in [2.75, 3.05) is 51.2 Å². The van der Waals surface area contributed by atoms with Gasteiger partial charge in [-0.1, -0.05) is 0 Å². The Morgan fingerprint density at radius 1 is 1.07 bits per heavy atom. The number of hydrogen-bond acceptors (Lipinski definition) is 11. The van der Waals surface area contributed by atoms with E-state index in [1.807, 2.05) is 31.3 Å². The third-order valence-electron chi connectivity index (χ3n) is 7.66. The summed E-state index contributed by atoms with van der Waals surface area (Å²) >= 11 is 0. The highest BCUT2D eigenvalue weighted by Gasteiger charge is 2.29. The van der Waals surface area contributed by atoms with Gasteiger partial charge in [0.15, 0.2) is 23.0 Å². The van der Waals surface area contributed by atoms with Crippen molar-refractivity contribution in [1.29, 1.82) is 0 Å². The van der Waals surface area contributed by atoms with Crippen LogP contribution in [0.1, 0.15) is 37.0 Å². The van der Waals surface area contributed by atoms with E-state index in [2.05, 4.69) is 15.3 Å². The highest BCUT2D eigenvalue weighted by molar-refractivity contribution is 5.93. The van der Waals surface area contributed by atoms with Gasteiger partial charge in [0.1, 0.15) is 17.6 Å². The molecular weight excluding hydrogens is 583 g/mol. The lowest BCUT2D eigenvalue weighted by atomic mass is 10.1. The predicted octanol–water partition coefficient (Wildman–Crippen LogP) is 3.91. The van der Waals surface area contributed by atoms with Crippen LogP contribution in [-0.2, 0) is 17.8 Å². The van der Waals surface area contributed by atoms with Gasteiger partial charge in [-0.05, 0) is 39.0 Å². The summed E-state index contributed by atoms with van der Waals surface area (Å²) < 4.78 is 40.5. The summed E-state index contributed by atoms with van der Waals surface area (Å²) in [5, 5.41) is 23.5. The molecule has 4 heterocycles. The number of aromatic nitrogens is 6. The van der Waals surface area contributed by atoms with E-state index in [1.54, 1.807) is 43.3 Å². The highest BCUT2D eigenvalue weighted by Crippen LogP contribution is 2.32. The number of methoxy groups -OCH3 is 3. The number of anilines is 2. The minimum absolute atomic E-state index is 0.0774. The van der Waals surface area contributed by atoms with E-state index in [-0.39, 0.29) is 5.75 Å². The normalized spacial score (nSPS) is 15.6. The smallest absolute Gasteiger partial charge is 0.226 e. The number of benzene rings is 2. The zero-order chi connectivity index (χ0) is 31.9. The first-order chi connectivity index (χ1) is 21.6. The summed E-state index contributed by atoms with van der Waals surface area (Å²) in [6, 6.07) is 8.48. The molecule has 14 heteroatoms. The number of nitrogens with zero attached hydrogens (tertiary/aromatic N) is 7. The Morgan fingerprint density at radius 2 is 1.87 bits per heavy atom. The van der Waals surface area contributed by atoms with E-state index in [4.69, 9.17) is 34.0 Å². The molecule has 238 valence electrons. The van der Waals surface area contributed by atoms with Gasteiger partial charge in [0.05, 0.1) is 63.5 Å². The molecule has 0 radical (unpaired) electrons. The molecule has 0 amide bonds. The Balaban J connectivity index is 1.36. The number of ether oxygens (including phenoxy) is 4. The first-order valence-corrected chi connectivity index (χ1v) is 14.6. The second-order valence-electron chi connectivity index (χ2n) is 11.6. The zero-order valence-corrected chi connectivity index (χ0v) is 26.2. The lowest BCUT2D eigenvalue weighted by Gasteiger charge is -2.32. The molecule has 3 aromatic heterocycles. The maximum atomic E-state index is 14.9. The summed E-state index contributed by atoms with van der Waals surface area (Å²) in [5.74, 6) is 1.72. The molecule has 0 bridgehead atoms. The van der Waals surface area contributed by atoms with Gasteiger partial charge in [0.25, 0.3) is 0 Å². The number of rotatable bonds is 10. The summed E-state index contributed by atoms with van der Waals surface area (Å²) in [6.07, 6.45) is 1.47. The zero-order valence-electron chi connectivity index (χ0n) is 26.2. The molecule has 1 saturated heterocycles. The van der Waals surface area contributed by atoms with E-state index in [0.717, 1.165) is 16.9 Å². The second-order valence-corrected chi connectivity index (χ2v) is 11.6. The number of aryl methyl sites for hydroxylation is 1. The molecule has 1 aliphatic rings. The molecule has 0 aliphatic carbocycles. The summed E-state index contributed by atoms with van der Waals surface area (Å²) in [4.78, 5) is 11.8. The molecule has 0 saturated carbocycles. The van der Waals surface area contributed by atoms with Crippen molar-refractivity contribution in [2.45, 2.75) is 45.6 Å². The second kappa shape index (κ2) is 12.0. The number of halogens is 1. The van der Waals surface area contributed by atoms with E-state index < -0.39 is 17.5 Å². The topological polar surface area (TPSA) is 133 Å². The van der Waals surface area contributed by atoms with Crippen molar-refractivity contribution in [3.8, 4) is 17.2 Å². The van der Waals surface area contributed by atoms with Crippen molar-refractivity contribution < 1.29 is 28.4 Å². The Hall–Kier alpha value is -4.69. The summed E-state index contributed by atoms with van der Waals surface area (Å²) in [7, 11) is 4.61. The van der Waals surface area contributed by atoms with Gasteiger partial charge >= 0.3 is 0 Å². The third-order valence-corrected chi connectivity index (χ3v) is 7.66. The van der Waals surface area contributed by atoms with Crippen molar-refractivity contribution in [1.82, 2.24) is 29.4 Å². The van der Waals surface area contributed by atoms with Gasteiger partial charge in [-0.15, -0.1) is 5.10 Å². The maximum absolute atomic E-state index is 14.9. The van der Waals surface area contributed by atoms with Gasteiger partial charge < -0.3 is 34.3 Å². The fraction of sp³-hybridized carbons (Fsp3) is 0.419. The van der Waals surface area contributed by atoms with Crippen molar-refractivity contribution >= 4 is 28.2 Å². The van der Waals surface area contributed by atoms with Crippen LogP contribution in [0.25, 0.3) is 16.6 Å². The largest absolute Gasteiger partial charge is 0.497 e. The molecule has 13 nitrogen and oxygen atoms in total. The maximum Gasteiger partial charge on any atom is 0.226 e. The lowest BCUT2D eigenvalue weighted by Crippen LogP contribution is -2.39. The van der Waals surface area contributed by atoms with Gasteiger partial charge in [-0.3, -0.25) is 4.68 Å². The van der Waals surface area contributed by atoms with Crippen molar-refractivity contribution in [3.05, 3.63) is 59.4 Å². The highest BCUT2D eigenvalue weighted by atomic mass is 19.1. The molecule has 2 aromatic carbocycles. The standard InChI is InChI=1S/C31H37FN8O5/c1-18-24(15-39(36-18)17-31(2,3)41)38-9-10-45-27(16-38)28-35-29-21-12-22(32)26(44-6)13-23(21)34-30(40(29)37-28)33-14-19-7-8-20(42-4)11-25(19)43-5/h7-8,11-13,15,27,41H,9-10,14,16-17H2,1-6H3,(H,33,34)/t27-/m1/s1. The van der Waals surface area contributed by atoms with Crippen LogP contribution >= 0.6 is 0 Å². The Bertz CT molecular complexity index is 1850. The van der Waals surface area contributed by atoms with Crippen LogP contribution in [0.4, 0.5) is 16.0 Å². The van der Waals surface area contributed by atoms with Crippen LogP contribution < -0.4 is 24.4 Å². The summed E-state index contributed by atoms with van der Waals surface area (Å²) in [6.45, 7) is 7.76. The minimum Gasteiger partial charge on any atom is -0.497 e. The van der Waals surface area contributed by atoms with Crippen LogP contribution in [0.5, 0.6) is 17.2 Å². The number of morpholine rings is 1. The van der Waals surface area contributed by atoms with E-state index in [9.17, 15) is 9.50 Å². The molecule has 45 heavy (non-hydrogen) atoms. The molecule has 1 atom stereocenters. The van der Waals surface area contributed by atoms with E-state index in [0.29, 0.717) is 72.6 Å². The molecule has 1 fully saturated rings. The quantitative estimate of drug-likeness (QED) is 0.235. The van der Waals surface area contributed by atoms with Crippen molar-refractivity contribution in [2.24, 2.45) is 0 Å². The molecule has 1 aliphatic heterocycles. The fourth-order valence-corrected chi connectivity index (χ4v) is 5.52. The SMILES string of the molecule is COc1ccc(CNc2nc3cc(OC)c(F)cc3c3nc([C@H]4CN(c5cn(CC(C)(C)O)nc5C)CCO4)nn23)c(OC)c1. The lowest BCUT2D eigenvalue weighted by molar-refractivity contribution is 0.0341. The molecule has 2 N–H and O–H groups in total. The number of aliphatic hydroxyl groups is 1. The number of fused-ring (bicyclic) bond motifs is 3. The third kappa shape index (κ3) is 6.15. The van der Waals surface area contributed by atoms with E-state index in [1.165, 1.54) is 13.2 Å². The minimum atomic E-state index is -0.895. The molecule has 6 rings (SSSR count). The average Bonchev–Trinajstić information content (AvgIpc) is 3.63. The molecule has 5 aromatic rings. The van der Waals surface area contributed by atoms with Crippen LogP contribution in [0.2, 0.25) is 0 Å². The number of hydrogen-bond donors (Lipinski definition) is 2. The average molecular weight is 621 g/mol. The Labute approximate surface area is 259 Å². The predicted molar refractivity (Wildman–Crippen MR) is 166 cm³/mol. The van der Waals surface area contributed by atoms with Crippen LogP contribution in [-0.4, -0.2) is 81.1 Å². The van der Waals surface area contributed by atoms with Crippen LogP contribution in [0.3, 0.4) is 0 Å². The van der Waals surface area contributed by atoms with Gasteiger partial charge in [0.2, 0.25) is 5.95 Å². The molecule has 0 unspecified atom stereocenters. The van der Waals surface area contributed by atoms with Crippen molar-refractivity contribution in [3.63, 3.8) is 0 Å². The molecular formula is C31H37FN8O5. The first kappa shape index (κ1) is 30.3. The van der Waals surface area contributed by atoms with Gasteiger partial charge in [0, 0.05) is 42.4 Å². The van der Waals surface area contributed by atoms with Gasteiger partial charge in [-0.2, -0.15) is 9.61 Å². The van der Waals surface area contributed by atoms with E-state index >= 15 is 0 Å². The van der Waals surface area contributed by atoms with Crippen LogP contribution in [0.15, 0.2) is 36.5 Å². The molecule has 0 spiro atoms. The van der Waals surface area contributed by atoms with Crippen LogP contribution in [0, 0.1) is 12.7 Å². The Kier molecular flexibility index (Phi) is 8.10. The first-order valence-electron chi connectivity index (χ1n) is 14.6. The number of nitrogens with one attached hydrogen (secondary N) is 1. The Morgan fingerprint density at radius 3 is 2.60 bits per heavy atom. The monoisotopic (exact) mass is 620 g/mol. The van der Waals surface area contributed by atoms with Gasteiger partial charge in [-0.25, -0.2) is 14.4 Å².